The number of amides is 1. The van der Waals surface area contributed by atoms with Gasteiger partial charge in [0.15, 0.2) is 11.4 Å². The monoisotopic (exact) mass is 387 g/mol. The highest BCUT2D eigenvalue weighted by atomic mass is 19.1. The third-order valence-corrected chi connectivity index (χ3v) is 5.11. The number of anilines is 2. The number of piperazine rings is 1. The van der Waals surface area contributed by atoms with Crippen molar-refractivity contribution in [3.8, 4) is 5.75 Å². The number of hydrogen-bond donors (Lipinski definition) is 1. The molecular weight excluding hydrogens is 364 g/mol. The number of ether oxygens (including phenoxy) is 1. The number of nitrogens with one attached hydrogen (secondary N) is 1. The van der Waals surface area contributed by atoms with Crippen LogP contribution in [0.1, 0.15) is 19.4 Å². The van der Waals surface area contributed by atoms with E-state index in [-0.39, 0.29) is 18.3 Å². The molecule has 0 aromatic heterocycles. The van der Waals surface area contributed by atoms with Gasteiger partial charge in [0, 0.05) is 38.3 Å². The number of rotatable bonds is 3. The van der Waals surface area contributed by atoms with Gasteiger partial charge in [-0.25, -0.2) is 8.78 Å². The zero-order valence-corrected chi connectivity index (χ0v) is 16.0. The Bertz CT molecular complexity index is 911. The van der Waals surface area contributed by atoms with Crippen molar-refractivity contribution >= 4 is 17.3 Å². The van der Waals surface area contributed by atoms with E-state index in [1.807, 2.05) is 0 Å². The lowest BCUT2D eigenvalue weighted by molar-refractivity contribution is -0.132. The van der Waals surface area contributed by atoms with Crippen molar-refractivity contribution in [3.05, 3.63) is 53.6 Å². The Morgan fingerprint density at radius 3 is 2.50 bits per heavy atom. The molecule has 28 heavy (non-hydrogen) atoms. The maximum absolute atomic E-state index is 14.5. The highest BCUT2D eigenvalue weighted by Gasteiger charge is 2.43. The summed E-state index contributed by atoms with van der Waals surface area (Å²) >= 11 is 0. The van der Waals surface area contributed by atoms with Crippen molar-refractivity contribution in [1.29, 1.82) is 0 Å². The number of halogens is 2. The number of hydrogen-bond acceptors (Lipinski definition) is 4. The first kappa shape index (κ1) is 18.7. The summed E-state index contributed by atoms with van der Waals surface area (Å²) in [6, 6.07) is 8.84. The number of nitrogens with zero attached hydrogens (tertiary/aromatic N) is 2. The van der Waals surface area contributed by atoms with Crippen LogP contribution in [0.15, 0.2) is 36.4 Å². The van der Waals surface area contributed by atoms with E-state index in [0.717, 1.165) is 26.2 Å². The van der Waals surface area contributed by atoms with E-state index in [9.17, 15) is 13.6 Å². The third kappa shape index (κ3) is 3.42. The number of fused-ring (bicyclic) bond motifs is 1. The predicted molar refractivity (Wildman–Crippen MR) is 104 cm³/mol. The minimum atomic E-state index is -1.11. The van der Waals surface area contributed by atoms with Gasteiger partial charge in [0.05, 0.1) is 17.9 Å². The Hall–Kier alpha value is -2.67. The van der Waals surface area contributed by atoms with Gasteiger partial charge in [0.2, 0.25) is 0 Å². The van der Waals surface area contributed by atoms with Crippen LogP contribution >= 0.6 is 0 Å². The first-order chi connectivity index (χ1) is 13.3. The molecule has 1 N–H and O–H groups in total. The Morgan fingerprint density at radius 1 is 1.07 bits per heavy atom. The van der Waals surface area contributed by atoms with Gasteiger partial charge < -0.3 is 19.9 Å². The van der Waals surface area contributed by atoms with Crippen LogP contribution in [0.3, 0.4) is 0 Å². The first-order valence-electron chi connectivity index (χ1n) is 9.40. The van der Waals surface area contributed by atoms with Crippen molar-refractivity contribution in [2.24, 2.45) is 0 Å². The topological polar surface area (TPSA) is 44.8 Å². The highest BCUT2D eigenvalue weighted by molar-refractivity contribution is 6.03. The second-order valence-electron chi connectivity index (χ2n) is 7.64. The number of carbonyl (C=O) groups excluding carboxylic acids is 1. The molecule has 7 heteroatoms. The van der Waals surface area contributed by atoms with Crippen LogP contribution in [-0.2, 0) is 11.3 Å². The molecule has 1 saturated heterocycles. The van der Waals surface area contributed by atoms with Gasteiger partial charge in [-0.2, -0.15) is 0 Å². The molecule has 2 aliphatic rings. The van der Waals surface area contributed by atoms with Crippen molar-refractivity contribution in [2.45, 2.75) is 26.0 Å². The second kappa shape index (κ2) is 7.05. The lowest BCUT2D eigenvalue weighted by Gasteiger charge is -2.41. The average Bonchev–Trinajstić information content (AvgIpc) is 2.66. The normalized spacial score (nSPS) is 18.6. The summed E-state index contributed by atoms with van der Waals surface area (Å²) in [4.78, 5) is 16.6. The van der Waals surface area contributed by atoms with E-state index in [0.29, 0.717) is 22.7 Å². The smallest absolute Gasteiger partial charge is 0.271 e. The van der Waals surface area contributed by atoms with E-state index in [1.165, 1.54) is 29.2 Å². The zero-order chi connectivity index (χ0) is 19.9. The summed E-state index contributed by atoms with van der Waals surface area (Å²) in [7, 11) is 0. The molecule has 0 radical (unpaired) electrons. The molecule has 5 nitrogen and oxygen atoms in total. The summed E-state index contributed by atoms with van der Waals surface area (Å²) in [6.45, 7) is 6.56. The largest absolute Gasteiger partial charge is 0.474 e. The van der Waals surface area contributed by atoms with E-state index >= 15 is 0 Å². The second-order valence-corrected chi connectivity index (χ2v) is 7.64. The quantitative estimate of drug-likeness (QED) is 0.879. The van der Waals surface area contributed by atoms with Gasteiger partial charge in [-0.1, -0.05) is 12.1 Å². The molecule has 2 aromatic carbocycles. The minimum Gasteiger partial charge on any atom is -0.474 e. The lowest BCUT2D eigenvalue weighted by Crippen LogP contribution is -2.53. The summed E-state index contributed by atoms with van der Waals surface area (Å²) in [5.41, 5.74) is 0.537. The lowest BCUT2D eigenvalue weighted by atomic mass is 10.0. The maximum atomic E-state index is 14.5. The molecule has 2 aliphatic heterocycles. The molecule has 148 valence electrons. The maximum Gasteiger partial charge on any atom is 0.271 e. The Kier molecular flexibility index (Phi) is 4.71. The highest BCUT2D eigenvalue weighted by Crippen LogP contribution is 2.45. The Morgan fingerprint density at radius 2 is 1.79 bits per heavy atom. The van der Waals surface area contributed by atoms with Gasteiger partial charge in [-0.15, -0.1) is 0 Å². The molecular formula is C21H23F2N3O2. The predicted octanol–water partition coefficient (Wildman–Crippen LogP) is 3.08. The van der Waals surface area contributed by atoms with Crippen LogP contribution < -0.4 is 19.9 Å². The third-order valence-electron chi connectivity index (χ3n) is 5.11. The molecule has 0 spiro atoms. The van der Waals surface area contributed by atoms with Crippen molar-refractivity contribution < 1.29 is 18.3 Å². The summed E-state index contributed by atoms with van der Waals surface area (Å²) in [5, 5.41) is 3.27. The van der Waals surface area contributed by atoms with Crippen molar-refractivity contribution in [3.63, 3.8) is 0 Å². The fourth-order valence-corrected chi connectivity index (χ4v) is 3.72. The van der Waals surface area contributed by atoms with Crippen LogP contribution in [0, 0.1) is 11.6 Å². The fraction of sp³-hybridized carbons (Fsp3) is 0.381. The summed E-state index contributed by atoms with van der Waals surface area (Å²) in [5.74, 6) is -0.614. The zero-order valence-electron chi connectivity index (χ0n) is 16.0. The van der Waals surface area contributed by atoms with E-state index in [1.54, 1.807) is 26.0 Å². The van der Waals surface area contributed by atoms with Gasteiger partial charge in [0.1, 0.15) is 11.6 Å². The number of benzene rings is 2. The van der Waals surface area contributed by atoms with Crippen LogP contribution in [-0.4, -0.2) is 37.7 Å². The van der Waals surface area contributed by atoms with Crippen molar-refractivity contribution in [1.82, 2.24) is 5.32 Å². The van der Waals surface area contributed by atoms with E-state index in [2.05, 4.69) is 10.2 Å². The van der Waals surface area contributed by atoms with Crippen LogP contribution in [0.4, 0.5) is 20.2 Å². The molecule has 0 atom stereocenters. The molecule has 0 unspecified atom stereocenters. The molecule has 0 aliphatic carbocycles. The van der Waals surface area contributed by atoms with Crippen LogP contribution in [0.5, 0.6) is 5.75 Å². The van der Waals surface area contributed by atoms with Gasteiger partial charge in [-0.3, -0.25) is 4.79 Å². The van der Waals surface area contributed by atoms with Crippen molar-refractivity contribution in [2.75, 3.05) is 36.0 Å². The van der Waals surface area contributed by atoms with Gasteiger partial charge >= 0.3 is 0 Å². The Balaban J connectivity index is 1.80. The molecule has 2 heterocycles. The van der Waals surface area contributed by atoms with Gasteiger partial charge in [-0.05, 0) is 31.5 Å². The average molecular weight is 387 g/mol. The molecule has 0 bridgehead atoms. The first-order valence-corrected chi connectivity index (χ1v) is 9.40. The fourth-order valence-electron chi connectivity index (χ4n) is 3.72. The SMILES string of the molecule is CC1(C)Oc2c(N3CCNCC3)cc(F)cc2N(Cc2cccc(F)c2)C1=O. The summed E-state index contributed by atoms with van der Waals surface area (Å²) in [6.07, 6.45) is 0. The number of carbonyl (C=O) groups is 1. The van der Waals surface area contributed by atoms with Crippen LogP contribution in [0.2, 0.25) is 0 Å². The standard InChI is InChI=1S/C21H23F2N3O2/c1-21(2)20(27)26(13-14-4-3-5-15(22)10-14)18-12-16(23)11-17(19(18)28-21)25-8-6-24-7-9-25/h3-5,10-12,24H,6-9,13H2,1-2H3. The summed E-state index contributed by atoms with van der Waals surface area (Å²) < 4.78 is 34.2. The molecule has 2 aromatic rings. The molecule has 1 amide bonds. The molecule has 0 saturated carbocycles. The molecule has 1 fully saturated rings. The van der Waals surface area contributed by atoms with Gasteiger partial charge in [0.25, 0.3) is 5.91 Å². The minimum absolute atomic E-state index is 0.140. The van der Waals surface area contributed by atoms with E-state index < -0.39 is 11.4 Å². The van der Waals surface area contributed by atoms with Crippen LogP contribution in [0.25, 0.3) is 0 Å². The molecule has 4 rings (SSSR count). The van der Waals surface area contributed by atoms with E-state index in [4.69, 9.17) is 4.74 Å². The Labute approximate surface area is 162 Å².